The second kappa shape index (κ2) is 8.42. The van der Waals surface area contributed by atoms with E-state index in [-0.39, 0.29) is 12.3 Å². The molecule has 1 amide bonds. The molecule has 0 aromatic heterocycles. The summed E-state index contributed by atoms with van der Waals surface area (Å²) >= 11 is 0. The number of hydrogen-bond acceptors (Lipinski definition) is 4. The molecular weight excluding hydrogens is 318 g/mol. The molecule has 0 aliphatic carbocycles. The van der Waals surface area contributed by atoms with Gasteiger partial charge in [-0.2, -0.15) is 0 Å². The molecule has 5 heteroatoms. The van der Waals surface area contributed by atoms with Crippen LogP contribution in [0.2, 0.25) is 0 Å². The van der Waals surface area contributed by atoms with Crippen LogP contribution in [0.25, 0.3) is 0 Å². The Morgan fingerprint density at radius 3 is 2.12 bits per heavy atom. The lowest BCUT2D eigenvalue weighted by Gasteiger charge is -2.14. The number of carbonyl (C=O) groups excluding carboxylic acids is 1. The fourth-order valence-electron chi connectivity index (χ4n) is 2.72. The van der Waals surface area contributed by atoms with E-state index >= 15 is 0 Å². The van der Waals surface area contributed by atoms with E-state index in [0.717, 1.165) is 11.1 Å². The zero-order valence-electron chi connectivity index (χ0n) is 15.4. The molecule has 2 aromatic rings. The Kier molecular flexibility index (Phi) is 6.28. The topological polar surface area (TPSA) is 56.8 Å². The van der Waals surface area contributed by atoms with Gasteiger partial charge < -0.3 is 19.5 Å². The fourth-order valence-corrected chi connectivity index (χ4v) is 2.72. The number of rotatable bonds is 7. The maximum Gasteiger partial charge on any atom is 0.224 e. The highest BCUT2D eigenvalue weighted by atomic mass is 16.5. The standard InChI is InChI=1S/C20H25NO4/c1-13-6-7-16(14(2)8-13)12-21-19(22)11-15-9-17(23-3)20(25-5)18(10-15)24-4/h6-10H,11-12H2,1-5H3,(H,21,22). The summed E-state index contributed by atoms with van der Waals surface area (Å²) in [5.74, 6) is 1.54. The van der Waals surface area contributed by atoms with Crippen molar-refractivity contribution >= 4 is 5.91 Å². The number of benzene rings is 2. The number of ether oxygens (including phenoxy) is 3. The number of carbonyl (C=O) groups is 1. The number of nitrogens with one attached hydrogen (secondary N) is 1. The van der Waals surface area contributed by atoms with Crippen molar-refractivity contribution in [3.8, 4) is 17.2 Å². The second-order valence-electron chi connectivity index (χ2n) is 5.92. The third kappa shape index (κ3) is 4.66. The van der Waals surface area contributed by atoms with Crippen molar-refractivity contribution < 1.29 is 19.0 Å². The van der Waals surface area contributed by atoms with Crippen LogP contribution in [0.15, 0.2) is 30.3 Å². The Morgan fingerprint density at radius 1 is 0.960 bits per heavy atom. The van der Waals surface area contributed by atoms with E-state index in [1.165, 1.54) is 11.1 Å². The molecule has 2 aromatic carbocycles. The van der Waals surface area contributed by atoms with Gasteiger partial charge in [0.2, 0.25) is 11.7 Å². The maximum absolute atomic E-state index is 12.3. The van der Waals surface area contributed by atoms with E-state index in [9.17, 15) is 4.79 Å². The largest absolute Gasteiger partial charge is 0.493 e. The van der Waals surface area contributed by atoms with Crippen LogP contribution in [0.3, 0.4) is 0 Å². The van der Waals surface area contributed by atoms with Gasteiger partial charge in [0.25, 0.3) is 0 Å². The van der Waals surface area contributed by atoms with Crippen LogP contribution >= 0.6 is 0 Å². The van der Waals surface area contributed by atoms with E-state index < -0.39 is 0 Å². The zero-order chi connectivity index (χ0) is 18.4. The number of methoxy groups -OCH3 is 3. The predicted molar refractivity (Wildman–Crippen MR) is 97.6 cm³/mol. The van der Waals surface area contributed by atoms with Gasteiger partial charge >= 0.3 is 0 Å². The van der Waals surface area contributed by atoms with E-state index in [0.29, 0.717) is 23.8 Å². The molecule has 2 rings (SSSR count). The Morgan fingerprint density at radius 2 is 1.60 bits per heavy atom. The Bertz CT molecular complexity index is 730. The highest BCUT2D eigenvalue weighted by Gasteiger charge is 2.15. The number of amides is 1. The molecule has 0 radical (unpaired) electrons. The molecule has 0 heterocycles. The fraction of sp³-hybridized carbons (Fsp3) is 0.350. The minimum atomic E-state index is -0.0609. The van der Waals surface area contributed by atoms with Gasteiger partial charge in [-0.1, -0.05) is 23.8 Å². The summed E-state index contributed by atoms with van der Waals surface area (Å²) in [7, 11) is 4.67. The summed E-state index contributed by atoms with van der Waals surface area (Å²) < 4.78 is 15.9. The molecule has 134 valence electrons. The van der Waals surface area contributed by atoms with E-state index in [1.54, 1.807) is 33.5 Å². The van der Waals surface area contributed by atoms with Crippen molar-refractivity contribution in [2.24, 2.45) is 0 Å². The van der Waals surface area contributed by atoms with Gasteiger partial charge in [0.1, 0.15) is 0 Å². The molecule has 0 saturated heterocycles. The average Bonchev–Trinajstić information content (AvgIpc) is 2.60. The van der Waals surface area contributed by atoms with Gasteiger partial charge in [0.15, 0.2) is 11.5 Å². The summed E-state index contributed by atoms with van der Waals surface area (Å²) in [6.45, 7) is 4.61. The summed E-state index contributed by atoms with van der Waals surface area (Å²) in [5.41, 5.74) is 4.30. The molecule has 0 fully saturated rings. The highest BCUT2D eigenvalue weighted by molar-refractivity contribution is 5.79. The summed E-state index contributed by atoms with van der Waals surface area (Å²) in [5, 5.41) is 2.96. The van der Waals surface area contributed by atoms with E-state index in [4.69, 9.17) is 14.2 Å². The summed E-state index contributed by atoms with van der Waals surface area (Å²) in [6, 6.07) is 9.79. The first-order chi connectivity index (χ1) is 12.0. The van der Waals surface area contributed by atoms with Crippen LogP contribution in [-0.2, 0) is 17.8 Å². The van der Waals surface area contributed by atoms with E-state index in [1.807, 2.05) is 19.1 Å². The normalized spacial score (nSPS) is 10.3. The quantitative estimate of drug-likeness (QED) is 0.839. The minimum Gasteiger partial charge on any atom is -0.493 e. The van der Waals surface area contributed by atoms with Crippen molar-refractivity contribution in [3.05, 3.63) is 52.6 Å². The van der Waals surface area contributed by atoms with Crippen molar-refractivity contribution in [3.63, 3.8) is 0 Å². The lowest BCUT2D eigenvalue weighted by Crippen LogP contribution is -2.25. The minimum absolute atomic E-state index is 0.0609. The van der Waals surface area contributed by atoms with Gasteiger partial charge in [-0.25, -0.2) is 0 Å². The summed E-state index contributed by atoms with van der Waals surface area (Å²) in [6.07, 6.45) is 0.238. The highest BCUT2D eigenvalue weighted by Crippen LogP contribution is 2.38. The smallest absolute Gasteiger partial charge is 0.224 e. The van der Waals surface area contributed by atoms with E-state index in [2.05, 4.69) is 18.3 Å². The van der Waals surface area contributed by atoms with Crippen molar-refractivity contribution in [2.75, 3.05) is 21.3 Å². The van der Waals surface area contributed by atoms with Crippen LogP contribution in [0.4, 0.5) is 0 Å². The molecule has 0 aliphatic heterocycles. The average molecular weight is 343 g/mol. The van der Waals surface area contributed by atoms with Gasteiger partial charge in [-0.05, 0) is 42.7 Å². The first-order valence-corrected chi connectivity index (χ1v) is 8.10. The molecule has 0 saturated carbocycles. The number of hydrogen-bond donors (Lipinski definition) is 1. The Hall–Kier alpha value is -2.69. The first kappa shape index (κ1) is 18.6. The van der Waals surface area contributed by atoms with Gasteiger partial charge in [-0.3, -0.25) is 4.79 Å². The second-order valence-corrected chi connectivity index (χ2v) is 5.92. The van der Waals surface area contributed by atoms with Crippen LogP contribution in [0.1, 0.15) is 22.3 Å². The van der Waals surface area contributed by atoms with Gasteiger partial charge in [0.05, 0.1) is 27.8 Å². The first-order valence-electron chi connectivity index (χ1n) is 8.10. The molecular formula is C20H25NO4. The summed E-state index contributed by atoms with van der Waals surface area (Å²) in [4.78, 5) is 12.3. The number of aryl methyl sites for hydroxylation is 2. The molecule has 0 atom stereocenters. The molecule has 5 nitrogen and oxygen atoms in total. The molecule has 0 bridgehead atoms. The van der Waals surface area contributed by atoms with Crippen LogP contribution in [-0.4, -0.2) is 27.2 Å². The molecule has 25 heavy (non-hydrogen) atoms. The van der Waals surface area contributed by atoms with Crippen LogP contribution in [0.5, 0.6) is 17.2 Å². The predicted octanol–water partition coefficient (Wildman–Crippen LogP) is 3.19. The third-order valence-corrected chi connectivity index (χ3v) is 4.06. The van der Waals surface area contributed by atoms with Crippen molar-refractivity contribution in [1.29, 1.82) is 0 Å². The Balaban J connectivity index is 2.07. The lowest BCUT2D eigenvalue weighted by atomic mass is 10.1. The Labute approximate surface area is 148 Å². The third-order valence-electron chi connectivity index (χ3n) is 4.06. The molecule has 0 aliphatic rings. The van der Waals surface area contributed by atoms with Crippen LogP contribution < -0.4 is 19.5 Å². The molecule has 0 unspecified atom stereocenters. The van der Waals surface area contributed by atoms with Gasteiger partial charge in [-0.15, -0.1) is 0 Å². The SMILES string of the molecule is COc1cc(CC(=O)NCc2ccc(C)cc2C)cc(OC)c1OC. The van der Waals surface area contributed by atoms with Crippen molar-refractivity contribution in [1.82, 2.24) is 5.32 Å². The zero-order valence-corrected chi connectivity index (χ0v) is 15.4. The maximum atomic E-state index is 12.3. The molecule has 0 spiro atoms. The lowest BCUT2D eigenvalue weighted by molar-refractivity contribution is -0.120. The molecule has 1 N–H and O–H groups in total. The van der Waals surface area contributed by atoms with Crippen molar-refractivity contribution in [2.45, 2.75) is 26.8 Å². The monoisotopic (exact) mass is 343 g/mol. The van der Waals surface area contributed by atoms with Gasteiger partial charge in [0, 0.05) is 6.54 Å². The van der Waals surface area contributed by atoms with Crippen LogP contribution in [0, 0.1) is 13.8 Å².